The Balaban J connectivity index is 2.00. The molecule has 0 bridgehead atoms. The molecule has 9 nitrogen and oxygen atoms in total. The van der Waals surface area contributed by atoms with E-state index in [0.29, 0.717) is 28.0 Å². The molecule has 0 aliphatic heterocycles. The van der Waals surface area contributed by atoms with Crippen molar-refractivity contribution in [1.82, 2.24) is 15.4 Å². The largest absolute Gasteiger partial charge is 0.383 e. The summed E-state index contributed by atoms with van der Waals surface area (Å²) in [5, 5.41) is 5.18. The zero-order valence-electron chi connectivity index (χ0n) is 16.9. The van der Waals surface area contributed by atoms with Gasteiger partial charge in [-0.2, -0.15) is 0 Å². The first-order valence-electron chi connectivity index (χ1n) is 9.22. The molecule has 0 fully saturated rings. The van der Waals surface area contributed by atoms with Gasteiger partial charge in [0.15, 0.2) is 5.13 Å². The van der Waals surface area contributed by atoms with Crippen molar-refractivity contribution >= 4 is 57.4 Å². The van der Waals surface area contributed by atoms with Gasteiger partial charge < -0.3 is 15.0 Å². The second-order valence-corrected chi connectivity index (χ2v) is 7.85. The third kappa shape index (κ3) is 8.08. The first kappa shape index (κ1) is 25.0. The number of methoxy groups -OCH3 is 1. The van der Waals surface area contributed by atoms with Gasteiger partial charge in [0.1, 0.15) is 6.54 Å². The maximum absolute atomic E-state index is 12.8. The number of benzene rings is 1. The van der Waals surface area contributed by atoms with E-state index >= 15 is 0 Å². The first-order valence-corrected chi connectivity index (χ1v) is 10.9. The van der Waals surface area contributed by atoms with Gasteiger partial charge in [-0.25, -0.2) is 10.5 Å². The molecule has 2 N–H and O–H groups in total. The Morgan fingerprint density at radius 1 is 1.19 bits per heavy atom. The van der Waals surface area contributed by atoms with Crippen molar-refractivity contribution in [1.29, 1.82) is 0 Å². The predicted molar refractivity (Wildman–Crippen MR) is 118 cm³/mol. The fraction of sp³-hybridized carbons (Fsp3) is 0.368. The average molecular weight is 489 g/mol. The van der Waals surface area contributed by atoms with E-state index in [4.69, 9.17) is 32.8 Å². The van der Waals surface area contributed by atoms with E-state index in [1.54, 1.807) is 12.3 Å². The van der Waals surface area contributed by atoms with Crippen molar-refractivity contribution in [3.63, 3.8) is 0 Å². The van der Waals surface area contributed by atoms with Crippen molar-refractivity contribution in [3.05, 3.63) is 44.9 Å². The zero-order chi connectivity index (χ0) is 22.8. The average Bonchev–Trinajstić information content (AvgIpc) is 3.17. The van der Waals surface area contributed by atoms with E-state index in [0.717, 1.165) is 0 Å². The number of aromatic nitrogens is 1. The van der Waals surface area contributed by atoms with Crippen LogP contribution in [0.25, 0.3) is 0 Å². The third-order valence-corrected chi connectivity index (χ3v) is 5.37. The van der Waals surface area contributed by atoms with Gasteiger partial charge in [0.05, 0.1) is 35.4 Å². The molecule has 0 aliphatic rings. The summed E-state index contributed by atoms with van der Waals surface area (Å²) < 4.78 is 5.04. The van der Waals surface area contributed by atoms with Gasteiger partial charge in [-0.3, -0.25) is 19.2 Å². The topological polar surface area (TPSA) is 110 Å². The summed E-state index contributed by atoms with van der Waals surface area (Å²) in [6.07, 6.45) is 0.0160. The molecule has 3 amide bonds. The molecule has 2 rings (SSSR count). The molecule has 12 heteroatoms. The molecule has 0 aliphatic carbocycles. The Morgan fingerprint density at radius 3 is 2.65 bits per heavy atom. The molecule has 0 saturated carbocycles. The number of hydrogen-bond acceptors (Lipinski definition) is 7. The lowest BCUT2D eigenvalue weighted by atomic mass is 10.2. The number of hydrogen-bond donors (Lipinski definition) is 2. The van der Waals surface area contributed by atoms with Gasteiger partial charge in [-0.1, -0.05) is 23.2 Å². The monoisotopic (exact) mass is 488 g/mol. The molecule has 0 atom stereocenters. The van der Waals surface area contributed by atoms with Gasteiger partial charge >= 0.3 is 0 Å². The highest BCUT2D eigenvalue weighted by Crippen LogP contribution is 2.23. The highest BCUT2D eigenvalue weighted by Gasteiger charge is 2.20. The number of nitrogens with one attached hydrogen (secondary N) is 2. The Morgan fingerprint density at radius 2 is 1.97 bits per heavy atom. The Bertz CT molecular complexity index is 924. The highest BCUT2D eigenvalue weighted by molar-refractivity contribution is 7.13. The minimum absolute atomic E-state index is 0.0160. The second kappa shape index (κ2) is 12.6. The molecule has 31 heavy (non-hydrogen) atoms. The normalized spacial score (nSPS) is 10.6. The third-order valence-electron chi connectivity index (χ3n) is 3.82. The van der Waals surface area contributed by atoms with Gasteiger partial charge in [-0.15, -0.1) is 11.3 Å². The molecule has 1 aromatic heterocycles. The van der Waals surface area contributed by atoms with E-state index < -0.39 is 11.8 Å². The van der Waals surface area contributed by atoms with Crippen molar-refractivity contribution in [2.45, 2.75) is 13.3 Å². The van der Waals surface area contributed by atoms with Crippen molar-refractivity contribution < 1.29 is 24.0 Å². The van der Waals surface area contributed by atoms with Crippen molar-refractivity contribution in [3.8, 4) is 0 Å². The summed E-state index contributed by atoms with van der Waals surface area (Å²) in [5.74, 6) is -1.18. The van der Waals surface area contributed by atoms with E-state index in [2.05, 4.69) is 15.8 Å². The lowest BCUT2D eigenvalue weighted by Gasteiger charge is -2.22. The minimum Gasteiger partial charge on any atom is -0.383 e. The van der Waals surface area contributed by atoms with Crippen LogP contribution in [0.5, 0.6) is 0 Å². The number of carbonyl (C=O) groups is 3. The van der Waals surface area contributed by atoms with Crippen molar-refractivity contribution in [2.24, 2.45) is 0 Å². The fourth-order valence-electron chi connectivity index (χ4n) is 2.40. The number of ether oxygens (including phenoxy) is 1. The van der Waals surface area contributed by atoms with Gasteiger partial charge in [-0.05, 0) is 25.1 Å². The quantitative estimate of drug-likeness (QED) is 0.470. The van der Waals surface area contributed by atoms with Crippen LogP contribution in [0.2, 0.25) is 10.0 Å². The first-order chi connectivity index (χ1) is 14.8. The smallest absolute Gasteiger partial charge is 0.254 e. The summed E-state index contributed by atoms with van der Waals surface area (Å²) in [6, 6.07) is 4.50. The number of anilines is 1. The lowest BCUT2D eigenvalue weighted by molar-refractivity contribution is -0.132. The highest BCUT2D eigenvalue weighted by atomic mass is 35.5. The molecule has 1 aromatic carbocycles. The van der Waals surface area contributed by atoms with Gasteiger partial charge in [0.2, 0.25) is 11.8 Å². The Hall–Kier alpha value is -2.24. The molecule has 168 valence electrons. The maximum Gasteiger partial charge on any atom is 0.254 e. The number of rotatable bonds is 11. The Labute approximate surface area is 193 Å². The number of hydroxylamine groups is 1. The molecule has 0 radical (unpaired) electrons. The van der Waals surface area contributed by atoms with Crippen LogP contribution in [0.3, 0.4) is 0 Å². The molecular weight excluding hydrogens is 467 g/mol. The number of carbonyl (C=O) groups excluding carboxylic acids is 3. The second-order valence-electron chi connectivity index (χ2n) is 6.18. The SMILES string of the molecule is CCONC(=O)Cc1csc(NC(=O)CN(CCOC)C(=O)c2ccc(Cl)c(Cl)c2)n1. The lowest BCUT2D eigenvalue weighted by Crippen LogP contribution is -2.40. The van der Waals surface area contributed by atoms with Crippen LogP contribution in [0.4, 0.5) is 5.13 Å². The summed E-state index contributed by atoms with van der Waals surface area (Å²) in [5.41, 5.74) is 3.06. The summed E-state index contributed by atoms with van der Waals surface area (Å²) in [7, 11) is 1.50. The summed E-state index contributed by atoms with van der Waals surface area (Å²) in [6.45, 7) is 2.33. The summed E-state index contributed by atoms with van der Waals surface area (Å²) >= 11 is 13.1. The van der Waals surface area contributed by atoms with Crippen LogP contribution in [-0.2, 0) is 25.6 Å². The van der Waals surface area contributed by atoms with Crippen molar-refractivity contribution in [2.75, 3.05) is 38.7 Å². The maximum atomic E-state index is 12.8. The zero-order valence-corrected chi connectivity index (χ0v) is 19.3. The molecule has 0 unspecified atom stereocenters. The molecular formula is C19H22Cl2N4O5S. The number of amides is 3. The van der Waals surface area contributed by atoms with Gasteiger partial charge in [0, 0.05) is 24.6 Å². The molecule has 0 spiro atoms. The van der Waals surface area contributed by atoms with Crippen LogP contribution in [0.1, 0.15) is 23.0 Å². The van der Waals surface area contributed by atoms with Crippen LogP contribution >= 0.6 is 34.5 Å². The van der Waals surface area contributed by atoms with E-state index in [1.165, 1.54) is 41.5 Å². The van der Waals surface area contributed by atoms with E-state index in [-0.39, 0.29) is 37.0 Å². The number of halogens is 2. The number of thiazole rings is 1. The van der Waals surface area contributed by atoms with Crippen LogP contribution in [0.15, 0.2) is 23.6 Å². The van der Waals surface area contributed by atoms with E-state index in [1.807, 2.05) is 0 Å². The van der Waals surface area contributed by atoms with E-state index in [9.17, 15) is 14.4 Å². The van der Waals surface area contributed by atoms with Crippen LogP contribution < -0.4 is 10.8 Å². The Kier molecular flexibility index (Phi) is 10.2. The van der Waals surface area contributed by atoms with Gasteiger partial charge in [0.25, 0.3) is 5.91 Å². The standard InChI is InChI=1S/C19H22Cl2N4O5S/c1-3-30-24-16(26)9-13-11-31-19(22-13)23-17(27)10-25(6-7-29-2)18(28)12-4-5-14(20)15(21)8-12/h4-5,8,11H,3,6-7,9-10H2,1-2H3,(H,24,26)(H,22,23,27). The predicted octanol–water partition coefficient (Wildman–Crippen LogP) is 2.79. The number of nitrogens with zero attached hydrogens (tertiary/aromatic N) is 2. The van der Waals surface area contributed by atoms with Crippen LogP contribution in [0, 0.1) is 0 Å². The summed E-state index contributed by atoms with van der Waals surface area (Å²) in [4.78, 5) is 47.4. The molecule has 1 heterocycles. The van der Waals surface area contributed by atoms with Crippen LogP contribution in [-0.4, -0.2) is 61.0 Å². The molecule has 2 aromatic rings. The minimum atomic E-state index is -0.441. The fourth-order valence-corrected chi connectivity index (χ4v) is 3.42. The molecule has 0 saturated heterocycles.